The lowest BCUT2D eigenvalue weighted by molar-refractivity contribution is 0.0950. The highest BCUT2D eigenvalue weighted by atomic mass is 16.5. The Hall–Kier alpha value is -1.19. The molecule has 0 aliphatic heterocycles. The Kier molecular flexibility index (Phi) is 5.15. The summed E-state index contributed by atoms with van der Waals surface area (Å²) in [6, 6.07) is 7.09. The third-order valence-corrected chi connectivity index (χ3v) is 2.54. The molecule has 0 radical (unpaired) electrons. The minimum absolute atomic E-state index is 0.0103. The molecule has 1 aromatic carbocycles. The molecule has 1 rings (SSSR count). The maximum atomic E-state index is 11.9. The fraction of sp³-hybridized carbons (Fsp3) is 0.462. The Labute approximate surface area is 96.6 Å². The van der Waals surface area contributed by atoms with Crippen LogP contribution in [0.25, 0.3) is 0 Å². The van der Waals surface area contributed by atoms with Crippen LogP contribution in [0.2, 0.25) is 0 Å². The first-order valence-electron chi connectivity index (χ1n) is 5.50. The second kappa shape index (κ2) is 6.40. The van der Waals surface area contributed by atoms with E-state index >= 15 is 0 Å². The highest BCUT2D eigenvalue weighted by molar-refractivity contribution is 5.99. The lowest BCUT2D eigenvalue weighted by atomic mass is 10.0. The van der Waals surface area contributed by atoms with Gasteiger partial charge < -0.3 is 10.5 Å². The van der Waals surface area contributed by atoms with E-state index in [1.165, 1.54) is 0 Å². The second-order valence-electron chi connectivity index (χ2n) is 3.97. The molecule has 2 N–H and O–H groups in total. The van der Waals surface area contributed by atoms with Crippen LogP contribution in [0.5, 0.6) is 0 Å². The Morgan fingerprint density at radius 2 is 2.00 bits per heavy atom. The van der Waals surface area contributed by atoms with Gasteiger partial charge in [-0.2, -0.15) is 0 Å². The molecule has 1 unspecified atom stereocenters. The highest BCUT2D eigenvalue weighted by Crippen LogP contribution is 2.08. The van der Waals surface area contributed by atoms with Crippen LogP contribution in [0.1, 0.15) is 28.8 Å². The number of nitrogens with two attached hydrogens (primary N) is 1. The number of carbonyl (C=O) groups is 1. The number of hydrogen-bond acceptors (Lipinski definition) is 3. The molecular weight excluding hydrogens is 202 g/mol. The summed E-state index contributed by atoms with van der Waals surface area (Å²) in [6.07, 6.45) is 1.48. The van der Waals surface area contributed by atoms with Crippen LogP contribution in [-0.2, 0) is 4.74 Å². The molecule has 0 spiro atoms. The van der Waals surface area contributed by atoms with Gasteiger partial charge in [-0.15, -0.1) is 0 Å². The summed E-state index contributed by atoms with van der Waals surface area (Å²) in [5.74, 6) is 0.0103. The quantitative estimate of drug-likeness (QED) is 0.590. The van der Waals surface area contributed by atoms with Gasteiger partial charge in [0.05, 0.1) is 6.04 Å². The number of ether oxygens (including phenoxy) is 1. The van der Waals surface area contributed by atoms with Gasteiger partial charge >= 0.3 is 0 Å². The number of aryl methyl sites for hydroxylation is 1. The number of Topliss-reactive ketones (excluding diaryl/α,β-unsaturated/α-hetero) is 1. The van der Waals surface area contributed by atoms with E-state index < -0.39 is 6.04 Å². The largest absolute Gasteiger partial charge is 0.385 e. The summed E-state index contributed by atoms with van der Waals surface area (Å²) in [5, 5.41) is 0. The monoisotopic (exact) mass is 221 g/mol. The van der Waals surface area contributed by atoms with Crippen molar-refractivity contribution in [2.45, 2.75) is 25.8 Å². The van der Waals surface area contributed by atoms with Gasteiger partial charge in [0.1, 0.15) is 0 Å². The minimum Gasteiger partial charge on any atom is -0.385 e. The summed E-state index contributed by atoms with van der Waals surface area (Å²) in [6.45, 7) is 2.64. The van der Waals surface area contributed by atoms with Crippen LogP contribution < -0.4 is 5.73 Å². The Morgan fingerprint density at radius 1 is 1.38 bits per heavy atom. The van der Waals surface area contributed by atoms with Crippen molar-refractivity contribution in [2.75, 3.05) is 13.7 Å². The lowest BCUT2D eigenvalue weighted by Crippen LogP contribution is -2.30. The zero-order valence-electron chi connectivity index (χ0n) is 9.90. The van der Waals surface area contributed by atoms with Crippen LogP contribution in [0.4, 0.5) is 0 Å². The SMILES string of the molecule is COCCCC(N)C(=O)c1ccc(C)cc1. The zero-order valence-corrected chi connectivity index (χ0v) is 9.90. The van der Waals surface area contributed by atoms with E-state index in [4.69, 9.17) is 10.5 Å². The molecule has 0 bridgehead atoms. The van der Waals surface area contributed by atoms with E-state index in [1.54, 1.807) is 7.11 Å². The van der Waals surface area contributed by atoms with Crippen molar-refractivity contribution in [3.63, 3.8) is 0 Å². The average Bonchev–Trinajstić information content (AvgIpc) is 2.29. The smallest absolute Gasteiger partial charge is 0.179 e. The summed E-state index contributed by atoms with van der Waals surface area (Å²) >= 11 is 0. The zero-order chi connectivity index (χ0) is 12.0. The van der Waals surface area contributed by atoms with Crippen LogP contribution >= 0.6 is 0 Å². The molecule has 0 aliphatic rings. The molecule has 0 saturated heterocycles. The summed E-state index contributed by atoms with van der Waals surface area (Å²) < 4.78 is 4.93. The predicted molar refractivity (Wildman–Crippen MR) is 64.6 cm³/mol. The summed E-state index contributed by atoms with van der Waals surface area (Å²) in [5.41, 5.74) is 7.66. The standard InChI is InChI=1S/C13H19NO2/c1-10-5-7-11(8-6-10)13(15)12(14)4-3-9-16-2/h5-8,12H,3-4,9,14H2,1-2H3. The second-order valence-corrected chi connectivity index (χ2v) is 3.97. The van der Waals surface area contributed by atoms with Gasteiger partial charge in [-0.25, -0.2) is 0 Å². The number of hydrogen-bond donors (Lipinski definition) is 1. The molecule has 88 valence electrons. The third kappa shape index (κ3) is 3.76. The van der Waals surface area contributed by atoms with Crippen molar-refractivity contribution in [1.82, 2.24) is 0 Å². The molecule has 3 nitrogen and oxygen atoms in total. The molecule has 1 aromatic rings. The molecule has 0 fully saturated rings. The van der Waals surface area contributed by atoms with Crippen molar-refractivity contribution in [3.8, 4) is 0 Å². The van der Waals surface area contributed by atoms with E-state index in [1.807, 2.05) is 31.2 Å². The van der Waals surface area contributed by atoms with Gasteiger partial charge in [-0.05, 0) is 19.8 Å². The van der Waals surface area contributed by atoms with Crippen LogP contribution in [-0.4, -0.2) is 25.5 Å². The van der Waals surface area contributed by atoms with Crippen molar-refractivity contribution in [3.05, 3.63) is 35.4 Å². The van der Waals surface area contributed by atoms with Gasteiger partial charge in [-0.3, -0.25) is 4.79 Å². The number of methoxy groups -OCH3 is 1. The fourth-order valence-corrected chi connectivity index (χ4v) is 1.51. The predicted octanol–water partition coefficient (Wildman–Crippen LogP) is 1.93. The number of carbonyl (C=O) groups excluding carboxylic acids is 1. The van der Waals surface area contributed by atoms with E-state index in [0.29, 0.717) is 18.6 Å². The lowest BCUT2D eigenvalue weighted by Gasteiger charge is -2.10. The molecule has 0 aliphatic carbocycles. The molecule has 1 atom stereocenters. The summed E-state index contributed by atoms with van der Waals surface area (Å²) in [4.78, 5) is 11.9. The number of ketones is 1. The van der Waals surface area contributed by atoms with E-state index in [9.17, 15) is 4.79 Å². The van der Waals surface area contributed by atoms with E-state index in [2.05, 4.69) is 0 Å². The Balaban J connectivity index is 2.53. The maximum Gasteiger partial charge on any atom is 0.179 e. The first-order chi connectivity index (χ1) is 7.65. The molecular formula is C13H19NO2. The maximum absolute atomic E-state index is 11.9. The highest BCUT2D eigenvalue weighted by Gasteiger charge is 2.14. The average molecular weight is 221 g/mol. The molecule has 0 saturated carbocycles. The molecule has 0 amide bonds. The van der Waals surface area contributed by atoms with Gasteiger partial charge in [0, 0.05) is 19.3 Å². The molecule has 3 heteroatoms. The topological polar surface area (TPSA) is 52.3 Å². The molecule has 0 aromatic heterocycles. The van der Waals surface area contributed by atoms with Crippen molar-refractivity contribution >= 4 is 5.78 Å². The van der Waals surface area contributed by atoms with E-state index in [0.717, 1.165) is 12.0 Å². The van der Waals surface area contributed by atoms with Crippen molar-refractivity contribution in [2.24, 2.45) is 5.73 Å². The Bertz CT molecular complexity index is 332. The number of rotatable bonds is 6. The van der Waals surface area contributed by atoms with Gasteiger partial charge in [0.15, 0.2) is 5.78 Å². The minimum atomic E-state index is -0.419. The van der Waals surface area contributed by atoms with Crippen LogP contribution in [0.15, 0.2) is 24.3 Å². The van der Waals surface area contributed by atoms with Gasteiger partial charge in [-0.1, -0.05) is 29.8 Å². The number of benzene rings is 1. The molecule has 0 heterocycles. The third-order valence-electron chi connectivity index (χ3n) is 2.54. The first-order valence-corrected chi connectivity index (χ1v) is 5.50. The van der Waals surface area contributed by atoms with Crippen molar-refractivity contribution < 1.29 is 9.53 Å². The van der Waals surface area contributed by atoms with Crippen molar-refractivity contribution in [1.29, 1.82) is 0 Å². The Morgan fingerprint density at radius 3 is 2.56 bits per heavy atom. The van der Waals surface area contributed by atoms with E-state index in [-0.39, 0.29) is 5.78 Å². The normalized spacial score (nSPS) is 12.4. The van der Waals surface area contributed by atoms with Crippen LogP contribution in [0.3, 0.4) is 0 Å². The van der Waals surface area contributed by atoms with Gasteiger partial charge in [0.25, 0.3) is 0 Å². The fourth-order valence-electron chi connectivity index (χ4n) is 1.51. The first kappa shape index (κ1) is 12.9. The van der Waals surface area contributed by atoms with Crippen LogP contribution in [0, 0.1) is 6.92 Å². The van der Waals surface area contributed by atoms with Gasteiger partial charge in [0.2, 0.25) is 0 Å². The molecule has 16 heavy (non-hydrogen) atoms. The summed E-state index contributed by atoms with van der Waals surface area (Å²) in [7, 11) is 1.65.